The second-order valence-corrected chi connectivity index (χ2v) is 5.31. The molecule has 10 heteroatoms. The lowest BCUT2D eigenvalue weighted by Gasteiger charge is -2.05. The van der Waals surface area contributed by atoms with Gasteiger partial charge in [-0.15, -0.1) is 4.68 Å². The molecule has 1 aromatic carbocycles. The molecule has 1 heterocycles. The van der Waals surface area contributed by atoms with Gasteiger partial charge in [-0.1, -0.05) is 5.21 Å². The van der Waals surface area contributed by atoms with Crippen LogP contribution in [0.2, 0.25) is 0 Å². The zero-order valence-electron chi connectivity index (χ0n) is 14.0. The molecule has 0 amide bonds. The molecule has 25 heavy (non-hydrogen) atoms. The first-order chi connectivity index (χ1) is 11.8. The molecule has 0 aliphatic heterocycles. The summed E-state index contributed by atoms with van der Waals surface area (Å²) in [7, 11) is 1.52. The van der Waals surface area contributed by atoms with Crippen LogP contribution in [-0.4, -0.2) is 34.5 Å². The number of rotatable bonds is 6. The van der Waals surface area contributed by atoms with Crippen molar-refractivity contribution in [3.05, 3.63) is 45.9 Å². The second-order valence-electron chi connectivity index (χ2n) is 5.31. The third-order valence-corrected chi connectivity index (χ3v) is 3.18. The van der Waals surface area contributed by atoms with Gasteiger partial charge in [-0.3, -0.25) is 4.79 Å². The topological polar surface area (TPSA) is 142 Å². The van der Waals surface area contributed by atoms with Crippen LogP contribution in [0, 0.1) is 0 Å². The van der Waals surface area contributed by atoms with Crippen molar-refractivity contribution in [2.75, 3.05) is 13.0 Å². The molecule has 0 aliphatic carbocycles. The molecule has 0 aliphatic rings. The van der Waals surface area contributed by atoms with Crippen molar-refractivity contribution in [1.82, 2.24) is 10.0 Å². The molecule has 0 spiro atoms. The molecule has 0 atom stereocenters. The van der Waals surface area contributed by atoms with E-state index in [9.17, 15) is 14.7 Å². The lowest BCUT2D eigenvalue weighted by Crippen LogP contribution is -2.48. The van der Waals surface area contributed by atoms with E-state index in [-0.39, 0.29) is 18.0 Å². The van der Waals surface area contributed by atoms with Gasteiger partial charge in [0, 0.05) is 11.3 Å². The minimum atomic E-state index is -0.894. The molecule has 132 valence electrons. The fraction of sp³-hybridized carbons (Fsp3) is 0.267. The summed E-state index contributed by atoms with van der Waals surface area (Å²) < 4.78 is 6.07. The Morgan fingerprint density at radius 1 is 1.32 bits per heavy atom. The van der Waals surface area contributed by atoms with Gasteiger partial charge in [0.25, 0.3) is 5.69 Å². The predicted octanol–water partition coefficient (Wildman–Crippen LogP) is -1.43. The minimum Gasteiger partial charge on any atom is -0.854 e. The summed E-state index contributed by atoms with van der Waals surface area (Å²) in [4.78, 5) is 25.0. The highest BCUT2D eigenvalue weighted by Crippen LogP contribution is 2.11. The number of nitrogens with two attached hydrogens (primary N) is 1. The van der Waals surface area contributed by atoms with Crippen molar-refractivity contribution in [1.29, 1.82) is 0 Å². The summed E-state index contributed by atoms with van der Waals surface area (Å²) in [6.07, 6.45) is 0. The number of nitrogens with one attached hydrogen (secondary N) is 1. The predicted molar refractivity (Wildman–Crippen MR) is 88.0 cm³/mol. The van der Waals surface area contributed by atoms with E-state index >= 15 is 0 Å². The first-order valence-corrected chi connectivity index (χ1v) is 7.27. The van der Waals surface area contributed by atoms with E-state index in [2.05, 4.69) is 15.4 Å². The van der Waals surface area contributed by atoms with E-state index in [0.717, 1.165) is 4.68 Å². The van der Waals surface area contributed by atoms with Crippen LogP contribution in [0.3, 0.4) is 0 Å². The maximum Gasteiger partial charge on any atom is 0.425 e. The van der Waals surface area contributed by atoms with Gasteiger partial charge >= 0.3 is 5.56 Å². The SMILES string of the molecule is COc1ccc(C(=O)C[n+]2[nH]n(N)c(=O)c2/C([O-])=N\N=C(C)C)cc1. The molecule has 2 rings (SSSR count). The van der Waals surface area contributed by atoms with Crippen LogP contribution in [0.4, 0.5) is 0 Å². The van der Waals surface area contributed by atoms with Gasteiger partial charge in [0.2, 0.25) is 5.78 Å². The van der Waals surface area contributed by atoms with Crippen molar-refractivity contribution in [3.8, 4) is 5.75 Å². The molecular formula is C15H18N6O4. The van der Waals surface area contributed by atoms with Crippen LogP contribution >= 0.6 is 0 Å². The van der Waals surface area contributed by atoms with Crippen LogP contribution in [-0.2, 0) is 6.54 Å². The summed E-state index contributed by atoms with van der Waals surface area (Å²) in [5.41, 5.74) is -0.260. The van der Waals surface area contributed by atoms with E-state index in [1.165, 1.54) is 7.11 Å². The molecule has 0 bridgehead atoms. The zero-order chi connectivity index (χ0) is 18.6. The van der Waals surface area contributed by atoms with Crippen LogP contribution in [0.5, 0.6) is 5.75 Å². The average Bonchev–Trinajstić information content (AvgIpc) is 2.86. The normalized spacial score (nSPS) is 11.2. The summed E-state index contributed by atoms with van der Waals surface area (Å²) in [6.45, 7) is 3.00. The molecule has 2 aromatic rings. The van der Waals surface area contributed by atoms with Gasteiger partial charge in [0.15, 0.2) is 6.54 Å². The molecular weight excluding hydrogens is 328 g/mol. The maximum absolute atomic E-state index is 12.4. The number of hydrogen-bond acceptors (Lipinski definition) is 7. The number of H-pyrrole nitrogens is 1. The molecule has 3 N–H and O–H groups in total. The minimum absolute atomic E-state index is 0.294. The number of methoxy groups -OCH3 is 1. The van der Waals surface area contributed by atoms with Crippen molar-refractivity contribution < 1.29 is 19.3 Å². The number of nitrogens with zero attached hydrogens (tertiary/aromatic N) is 4. The Morgan fingerprint density at radius 2 is 1.96 bits per heavy atom. The fourth-order valence-electron chi connectivity index (χ4n) is 1.98. The van der Waals surface area contributed by atoms with E-state index in [1.54, 1.807) is 38.1 Å². The van der Waals surface area contributed by atoms with Crippen molar-refractivity contribution in [3.63, 3.8) is 0 Å². The Balaban J connectivity index is 2.34. The molecule has 0 saturated heterocycles. The second kappa shape index (κ2) is 7.43. The van der Waals surface area contributed by atoms with Crippen molar-refractivity contribution in [2.24, 2.45) is 10.2 Å². The maximum atomic E-state index is 12.4. The number of aromatic nitrogens is 3. The van der Waals surface area contributed by atoms with Gasteiger partial charge < -0.3 is 9.84 Å². The van der Waals surface area contributed by atoms with Gasteiger partial charge in [0.05, 0.1) is 13.0 Å². The highest BCUT2D eigenvalue weighted by molar-refractivity contribution is 5.95. The first kappa shape index (κ1) is 17.9. The Kier molecular flexibility index (Phi) is 5.32. The lowest BCUT2D eigenvalue weighted by atomic mass is 10.1. The average molecular weight is 346 g/mol. The van der Waals surface area contributed by atoms with Crippen LogP contribution in [0.1, 0.15) is 29.9 Å². The third-order valence-electron chi connectivity index (χ3n) is 3.18. The Labute approximate surface area is 142 Å². The van der Waals surface area contributed by atoms with Gasteiger partial charge in [0.1, 0.15) is 5.75 Å². The smallest absolute Gasteiger partial charge is 0.425 e. The number of ether oxygens (including phenoxy) is 1. The van der Waals surface area contributed by atoms with E-state index in [4.69, 9.17) is 10.6 Å². The molecule has 0 saturated carbocycles. The van der Waals surface area contributed by atoms with Crippen LogP contribution in [0.25, 0.3) is 0 Å². The number of Topliss-reactive ketones (excluding diaryl/α,β-unsaturated/α-hetero) is 1. The standard InChI is InChI=1S/C15H18N6O4/c1-9(2)17-18-14(23)13-15(24)21(16)19-20(13)8-12(22)10-4-6-11(25-3)7-5-10/h4-7H,8H2,1-3H3,(H3-,16,18,19,23,24). The quantitative estimate of drug-likeness (QED) is 0.165. The third kappa shape index (κ3) is 4.10. The number of benzene rings is 1. The molecule has 0 unspecified atom stereocenters. The Morgan fingerprint density at radius 3 is 2.52 bits per heavy atom. The number of carbonyl (C=O) groups is 1. The van der Waals surface area contributed by atoms with Gasteiger partial charge in [-0.2, -0.15) is 10.2 Å². The largest absolute Gasteiger partial charge is 0.854 e. The van der Waals surface area contributed by atoms with Crippen molar-refractivity contribution in [2.45, 2.75) is 20.4 Å². The molecule has 10 nitrogen and oxygen atoms in total. The monoisotopic (exact) mass is 346 g/mol. The summed E-state index contributed by atoms with van der Waals surface area (Å²) in [5, 5.41) is 21.6. The Bertz CT molecular complexity index is 888. The van der Waals surface area contributed by atoms with Crippen molar-refractivity contribution >= 4 is 17.4 Å². The van der Waals surface area contributed by atoms with Crippen LogP contribution < -0.4 is 25.9 Å². The Hall–Kier alpha value is -3.43. The molecule has 0 fully saturated rings. The summed E-state index contributed by atoms with van der Waals surface area (Å²) >= 11 is 0. The van der Waals surface area contributed by atoms with E-state index in [1.807, 2.05) is 0 Å². The fourth-order valence-corrected chi connectivity index (χ4v) is 1.98. The lowest BCUT2D eigenvalue weighted by molar-refractivity contribution is -0.745. The number of hydrogen-bond donors (Lipinski definition) is 2. The number of carbonyl (C=O) groups excluding carboxylic acids is 1. The molecule has 1 aromatic heterocycles. The van der Waals surface area contributed by atoms with Gasteiger partial charge in [-0.25, -0.2) is 10.6 Å². The highest BCUT2D eigenvalue weighted by atomic mass is 16.5. The van der Waals surface area contributed by atoms with Crippen LogP contribution in [0.15, 0.2) is 39.3 Å². The first-order valence-electron chi connectivity index (χ1n) is 7.27. The van der Waals surface area contributed by atoms with E-state index in [0.29, 0.717) is 21.8 Å². The highest BCUT2D eigenvalue weighted by Gasteiger charge is 2.23. The number of ketones is 1. The van der Waals surface area contributed by atoms with E-state index < -0.39 is 11.5 Å². The summed E-state index contributed by atoms with van der Waals surface area (Å²) in [5.74, 6) is 4.83. The number of aromatic amines is 1. The molecule has 0 radical (unpaired) electrons. The zero-order valence-corrected chi connectivity index (χ0v) is 14.0. The summed E-state index contributed by atoms with van der Waals surface area (Å²) in [6, 6.07) is 6.43. The van der Waals surface area contributed by atoms with Gasteiger partial charge in [-0.05, 0) is 42.9 Å². The number of nitrogen functional groups attached to an aromatic ring is 1.